The third-order valence-electron chi connectivity index (χ3n) is 7.56. The topological polar surface area (TPSA) is 84.6 Å². The van der Waals surface area contributed by atoms with Gasteiger partial charge < -0.3 is 9.80 Å². The molecule has 0 bridgehead atoms. The molecule has 2 aromatic carbocycles. The molecule has 38 heavy (non-hydrogen) atoms. The quantitative estimate of drug-likeness (QED) is 0.496. The van der Waals surface area contributed by atoms with Crippen molar-refractivity contribution in [1.29, 1.82) is 0 Å². The van der Waals surface area contributed by atoms with Crippen LogP contribution < -0.4 is 11.2 Å². The Bertz CT molecular complexity index is 1520. The first-order valence-electron chi connectivity index (χ1n) is 12.6. The summed E-state index contributed by atoms with van der Waals surface area (Å²) in [5.41, 5.74) is 1.78. The summed E-state index contributed by atoms with van der Waals surface area (Å²) in [5.74, 6) is -0.0920. The number of carbonyl (C=O) groups is 2. The van der Waals surface area contributed by atoms with E-state index < -0.39 is 11.2 Å². The van der Waals surface area contributed by atoms with Crippen LogP contribution in [-0.4, -0.2) is 56.4 Å². The van der Waals surface area contributed by atoms with E-state index in [1.54, 1.807) is 23.1 Å². The van der Waals surface area contributed by atoms with E-state index in [9.17, 15) is 19.2 Å². The van der Waals surface area contributed by atoms with Gasteiger partial charge in [0, 0.05) is 44.5 Å². The number of halogens is 2. The van der Waals surface area contributed by atoms with Gasteiger partial charge in [-0.3, -0.25) is 23.5 Å². The molecule has 0 unspecified atom stereocenters. The molecular weight excluding hydrogens is 527 g/mol. The van der Waals surface area contributed by atoms with E-state index in [0.29, 0.717) is 44.5 Å². The monoisotopic (exact) mass is 554 g/mol. The van der Waals surface area contributed by atoms with Crippen molar-refractivity contribution in [2.45, 2.75) is 38.3 Å². The highest BCUT2D eigenvalue weighted by Gasteiger charge is 2.31. The SMILES string of the molecule is Cn1c(=O)c(-c2cccc(Cl)c2Cl)cn(CC(=O)N2CCC(N3CCc4ccccc4CC3=O)CC2)c1=O. The lowest BCUT2D eigenvalue weighted by atomic mass is 10.0. The predicted molar refractivity (Wildman–Crippen MR) is 147 cm³/mol. The van der Waals surface area contributed by atoms with Gasteiger partial charge in [-0.15, -0.1) is 0 Å². The standard InChI is InChI=1S/C28H28Cl2N4O4/c1-31-27(37)22(21-7-4-8-23(29)26(21)30)16-33(28(31)38)17-25(36)32-12-10-20(11-13-32)34-14-9-18-5-2-3-6-19(18)15-24(34)35/h2-8,16,20H,9-15,17H2,1H3. The molecular formula is C28H28Cl2N4O4. The van der Waals surface area contributed by atoms with E-state index in [2.05, 4.69) is 6.07 Å². The van der Waals surface area contributed by atoms with Gasteiger partial charge in [0.2, 0.25) is 11.8 Å². The van der Waals surface area contributed by atoms with Crippen molar-refractivity contribution in [3.8, 4) is 11.1 Å². The number of piperidine rings is 1. The third-order valence-corrected chi connectivity index (χ3v) is 8.38. The van der Waals surface area contributed by atoms with Gasteiger partial charge in [-0.2, -0.15) is 0 Å². The number of aromatic nitrogens is 2. The summed E-state index contributed by atoms with van der Waals surface area (Å²) < 4.78 is 2.20. The summed E-state index contributed by atoms with van der Waals surface area (Å²) in [5, 5.41) is 0.491. The number of hydrogen-bond acceptors (Lipinski definition) is 4. The predicted octanol–water partition coefficient (Wildman–Crippen LogP) is 3.14. The summed E-state index contributed by atoms with van der Waals surface area (Å²) in [4.78, 5) is 55.5. The van der Waals surface area contributed by atoms with Gasteiger partial charge in [0.1, 0.15) is 6.54 Å². The minimum atomic E-state index is -0.588. The summed E-state index contributed by atoms with van der Waals surface area (Å²) >= 11 is 12.5. The van der Waals surface area contributed by atoms with Crippen LogP contribution in [0.3, 0.4) is 0 Å². The second-order valence-corrected chi connectivity index (χ2v) is 10.6. The zero-order valence-electron chi connectivity index (χ0n) is 21.0. The zero-order chi connectivity index (χ0) is 27.0. The minimum Gasteiger partial charge on any atom is -0.341 e. The first-order valence-corrected chi connectivity index (χ1v) is 13.4. The van der Waals surface area contributed by atoms with E-state index >= 15 is 0 Å². The smallest absolute Gasteiger partial charge is 0.331 e. The molecule has 0 saturated carbocycles. The number of amides is 2. The molecule has 1 fully saturated rings. The molecule has 0 spiro atoms. The van der Waals surface area contributed by atoms with Crippen LogP contribution in [-0.2, 0) is 36.0 Å². The summed E-state index contributed by atoms with van der Waals surface area (Å²) in [7, 11) is 1.37. The van der Waals surface area contributed by atoms with Crippen molar-refractivity contribution in [3.05, 3.63) is 90.7 Å². The minimum absolute atomic E-state index is 0.0812. The lowest BCUT2D eigenvalue weighted by Gasteiger charge is -2.38. The highest BCUT2D eigenvalue weighted by Crippen LogP contribution is 2.31. The Labute approximate surface area is 230 Å². The molecule has 10 heteroatoms. The largest absolute Gasteiger partial charge is 0.341 e. The van der Waals surface area contributed by atoms with E-state index in [0.717, 1.165) is 16.6 Å². The van der Waals surface area contributed by atoms with Crippen LogP contribution in [0, 0.1) is 0 Å². The fourth-order valence-corrected chi connectivity index (χ4v) is 5.80. The van der Waals surface area contributed by atoms with Crippen molar-refractivity contribution >= 4 is 35.0 Å². The molecule has 2 aliphatic rings. The van der Waals surface area contributed by atoms with Gasteiger partial charge in [-0.1, -0.05) is 59.6 Å². The highest BCUT2D eigenvalue weighted by atomic mass is 35.5. The Morgan fingerprint density at radius 2 is 1.63 bits per heavy atom. The molecule has 198 valence electrons. The molecule has 1 aromatic heterocycles. The lowest BCUT2D eigenvalue weighted by molar-refractivity contribution is -0.136. The number of rotatable bonds is 4. The Balaban J connectivity index is 1.28. The molecule has 2 aliphatic heterocycles. The highest BCUT2D eigenvalue weighted by molar-refractivity contribution is 6.43. The molecule has 3 aromatic rings. The normalized spacial score (nSPS) is 16.3. The van der Waals surface area contributed by atoms with Gasteiger partial charge in [-0.05, 0) is 36.5 Å². The van der Waals surface area contributed by atoms with Crippen LogP contribution in [0.1, 0.15) is 24.0 Å². The van der Waals surface area contributed by atoms with E-state index in [1.165, 1.54) is 23.4 Å². The number of hydrogen-bond donors (Lipinski definition) is 0. The molecule has 0 aliphatic carbocycles. The maximum absolute atomic E-state index is 13.2. The third kappa shape index (κ3) is 5.02. The Kier molecular flexibility index (Phi) is 7.45. The average molecular weight is 555 g/mol. The fourth-order valence-electron chi connectivity index (χ4n) is 5.40. The number of carbonyl (C=O) groups excluding carboxylic acids is 2. The van der Waals surface area contributed by atoms with Crippen molar-refractivity contribution in [2.75, 3.05) is 19.6 Å². The van der Waals surface area contributed by atoms with Gasteiger partial charge >= 0.3 is 5.69 Å². The van der Waals surface area contributed by atoms with Crippen molar-refractivity contribution in [3.63, 3.8) is 0 Å². The second kappa shape index (κ2) is 10.8. The Morgan fingerprint density at radius 1 is 0.921 bits per heavy atom. The molecule has 8 nitrogen and oxygen atoms in total. The average Bonchev–Trinajstić information content (AvgIpc) is 3.09. The van der Waals surface area contributed by atoms with E-state index in [-0.39, 0.29) is 40.0 Å². The number of nitrogens with zero attached hydrogens (tertiary/aromatic N) is 4. The molecule has 2 amide bonds. The van der Waals surface area contributed by atoms with Crippen molar-refractivity contribution in [1.82, 2.24) is 18.9 Å². The molecule has 5 rings (SSSR count). The van der Waals surface area contributed by atoms with Gasteiger partial charge in [-0.25, -0.2) is 4.79 Å². The van der Waals surface area contributed by atoms with Gasteiger partial charge in [0.05, 0.1) is 22.0 Å². The maximum atomic E-state index is 13.2. The molecule has 3 heterocycles. The van der Waals surface area contributed by atoms with E-state index in [4.69, 9.17) is 23.2 Å². The second-order valence-electron chi connectivity index (χ2n) is 9.81. The zero-order valence-corrected chi connectivity index (χ0v) is 22.5. The van der Waals surface area contributed by atoms with Crippen LogP contribution >= 0.6 is 23.2 Å². The number of fused-ring (bicyclic) bond motifs is 1. The Hall–Kier alpha value is -3.36. The van der Waals surface area contributed by atoms with Crippen molar-refractivity contribution < 1.29 is 9.59 Å². The lowest BCUT2D eigenvalue weighted by Crippen LogP contribution is -2.50. The van der Waals surface area contributed by atoms with Gasteiger partial charge in [0.15, 0.2) is 0 Å². The molecule has 0 atom stereocenters. The van der Waals surface area contributed by atoms with Crippen LogP contribution in [0.15, 0.2) is 58.3 Å². The fraction of sp³-hybridized carbons (Fsp3) is 0.357. The summed E-state index contributed by atoms with van der Waals surface area (Å²) in [6, 6.07) is 13.1. The maximum Gasteiger partial charge on any atom is 0.331 e. The molecule has 1 saturated heterocycles. The first kappa shape index (κ1) is 26.3. The number of likely N-dealkylation sites (tertiary alicyclic amines) is 1. The Morgan fingerprint density at radius 3 is 2.37 bits per heavy atom. The molecule has 0 N–H and O–H groups in total. The van der Waals surface area contributed by atoms with Crippen LogP contribution in [0.5, 0.6) is 0 Å². The van der Waals surface area contributed by atoms with E-state index in [1.807, 2.05) is 23.1 Å². The summed E-state index contributed by atoms with van der Waals surface area (Å²) in [6.07, 6.45) is 3.97. The first-order chi connectivity index (χ1) is 18.2. The van der Waals surface area contributed by atoms with Crippen LogP contribution in [0.2, 0.25) is 10.0 Å². The van der Waals surface area contributed by atoms with Gasteiger partial charge in [0.25, 0.3) is 5.56 Å². The van der Waals surface area contributed by atoms with Crippen LogP contribution in [0.4, 0.5) is 0 Å². The number of benzene rings is 2. The van der Waals surface area contributed by atoms with Crippen molar-refractivity contribution in [2.24, 2.45) is 7.05 Å². The van der Waals surface area contributed by atoms with Crippen LogP contribution in [0.25, 0.3) is 11.1 Å². The summed E-state index contributed by atoms with van der Waals surface area (Å²) in [6.45, 7) is 1.46. The molecule has 0 radical (unpaired) electrons.